The summed E-state index contributed by atoms with van der Waals surface area (Å²) in [5.74, 6) is 2.30. The van der Waals surface area contributed by atoms with Crippen LogP contribution in [0.15, 0.2) is 18.2 Å². The zero-order valence-electron chi connectivity index (χ0n) is 11.4. The molecular formula is C15H21FN2S. The summed E-state index contributed by atoms with van der Waals surface area (Å²) in [4.78, 5) is 2.27. The number of anilines is 1. The molecule has 1 saturated carbocycles. The fourth-order valence-corrected chi connectivity index (χ4v) is 3.88. The second-order valence-corrected chi connectivity index (χ2v) is 6.67. The van der Waals surface area contributed by atoms with Crippen molar-refractivity contribution in [3.8, 4) is 0 Å². The Balaban J connectivity index is 1.79. The molecule has 0 amide bonds. The van der Waals surface area contributed by atoms with Gasteiger partial charge < -0.3 is 10.2 Å². The van der Waals surface area contributed by atoms with Crippen molar-refractivity contribution in [2.75, 3.05) is 23.5 Å². The van der Waals surface area contributed by atoms with Gasteiger partial charge in [0.15, 0.2) is 0 Å². The average molecular weight is 280 g/mol. The molecule has 1 unspecified atom stereocenters. The predicted molar refractivity (Wildman–Crippen MR) is 80.4 cm³/mol. The molecule has 19 heavy (non-hydrogen) atoms. The van der Waals surface area contributed by atoms with Crippen molar-refractivity contribution >= 4 is 17.4 Å². The van der Waals surface area contributed by atoms with Gasteiger partial charge in [0.1, 0.15) is 5.82 Å². The quantitative estimate of drug-likeness (QED) is 0.892. The number of halogens is 1. The minimum atomic E-state index is -0.0804. The van der Waals surface area contributed by atoms with Gasteiger partial charge in [0, 0.05) is 42.7 Å². The molecule has 1 aliphatic heterocycles. The first-order chi connectivity index (χ1) is 9.25. The topological polar surface area (TPSA) is 15.3 Å². The maximum Gasteiger partial charge on any atom is 0.129 e. The molecule has 2 fully saturated rings. The molecule has 2 aliphatic rings. The molecule has 1 aromatic rings. The minimum absolute atomic E-state index is 0.0804. The molecule has 1 aromatic carbocycles. The van der Waals surface area contributed by atoms with Crippen LogP contribution >= 0.6 is 11.8 Å². The lowest BCUT2D eigenvalue weighted by Gasteiger charge is -2.28. The Kier molecular flexibility index (Phi) is 3.99. The van der Waals surface area contributed by atoms with Gasteiger partial charge in [-0.2, -0.15) is 11.8 Å². The highest BCUT2D eigenvalue weighted by atomic mass is 32.2. The lowest BCUT2D eigenvalue weighted by molar-refractivity contribution is 0.582. The number of benzene rings is 1. The number of thioether (sulfide) groups is 1. The Bertz CT molecular complexity index is 442. The summed E-state index contributed by atoms with van der Waals surface area (Å²) in [5, 5.41) is 3.43. The number of hydrogen-bond acceptors (Lipinski definition) is 3. The maximum absolute atomic E-state index is 14.1. The number of nitrogens with one attached hydrogen (secondary N) is 1. The normalized spacial score (nSPS) is 22.7. The average Bonchev–Trinajstić information content (AvgIpc) is 3.08. The molecule has 1 aliphatic carbocycles. The van der Waals surface area contributed by atoms with Crippen molar-refractivity contribution in [3.05, 3.63) is 29.6 Å². The zero-order chi connectivity index (χ0) is 13.2. The predicted octanol–water partition coefficient (Wildman–Crippen LogP) is 3.02. The first-order valence-electron chi connectivity index (χ1n) is 7.07. The van der Waals surface area contributed by atoms with Crippen molar-refractivity contribution in [1.82, 2.24) is 5.32 Å². The van der Waals surface area contributed by atoms with Crippen LogP contribution in [0.4, 0.5) is 10.1 Å². The summed E-state index contributed by atoms with van der Waals surface area (Å²) >= 11 is 1.99. The number of hydrogen-bond donors (Lipinski definition) is 1. The van der Waals surface area contributed by atoms with Crippen LogP contribution in [0.3, 0.4) is 0 Å². The molecule has 0 spiro atoms. The smallest absolute Gasteiger partial charge is 0.129 e. The van der Waals surface area contributed by atoms with E-state index in [0.717, 1.165) is 17.0 Å². The molecule has 0 radical (unpaired) electrons. The summed E-state index contributed by atoms with van der Waals surface area (Å²) in [6.07, 6.45) is 3.67. The van der Waals surface area contributed by atoms with E-state index in [2.05, 4.69) is 23.3 Å². The van der Waals surface area contributed by atoms with Crippen LogP contribution in [-0.2, 0) is 6.54 Å². The highest BCUT2D eigenvalue weighted by Crippen LogP contribution is 2.30. The lowest BCUT2D eigenvalue weighted by atomic mass is 10.1. The van der Waals surface area contributed by atoms with Gasteiger partial charge in [0.25, 0.3) is 0 Å². The molecule has 1 saturated heterocycles. The molecule has 4 heteroatoms. The highest BCUT2D eigenvalue weighted by molar-refractivity contribution is 7.99. The van der Waals surface area contributed by atoms with Gasteiger partial charge in [-0.25, -0.2) is 4.39 Å². The van der Waals surface area contributed by atoms with E-state index in [9.17, 15) is 4.39 Å². The monoisotopic (exact) mass is 280 g/mol. The summed E-state index contributed by atoms with van der Waals surface area (Å²) in [7, 11) is 2.10. The molecule has 1 heterocycles. The fraction of sp³-hybridized carbons (Fsp3) is 0.600. The number of nitrogens with zero attached hydrogens (tertiary/aromatic N) is 1. The number of rotatable bonds is 5. The molecular weight excluding hydrogens is 259 g/mol. The lowest BCUT2D eigenvalue weighted by Crippen LogP contribution is -2.33. The van der Waals surface area contributed by atoms with Gasteiger partial charge in [0.05, 0.1) is 0 Å². The maximum atomic E-state index is 14.1. The SMILES string of the molecule is CN(c1cccc(F)c1CNC1CC1)C1CCSC1. The first-order valence-corrected chi connectivity index (χ1v) is 8.22. The van der Waals surface area contributed by atoms with E-state index in [1.165, 1.54) is 25.0 Å². The van der Waals surface area contributed by atoms with Crippen LogP contribution in [0.1, 0.15) is 24.8 Å². The van der Waals surface area contributed by atoms with E-state index in [1.807, 2.05) is 17.8 Å². The molecule has 1 atom stereocenters. The minimum Gasteiger partial charge on any atom is -0.370 e. The second kappa shape index (κ2) is 5.71. The first kappa shape index (κ1) is 13.3. The van der Waals surface area contributed by atoms with Gasteiger partial charge in [-0.15, -0.1) is 0 Å². The molecule has 3 rings (SSSR count). The summed E-state index contributed by atoms with van der Waals surface area (Å²) in [6.45, 7) is 0.650. The van der Waals surface area contributed by atoms with E-state index in [4.69, 9.17) is 0 Å². The van der Waals surface area contributed by atoms with Crippen LogP contribution in [-0.4, -0.2) is 30.6 Å². The molecule has 104 valence electrons. The Morgan fingerprint density at radius 2 is 2.21 bits per heavy atom. The fourth-order valence-electron chi connectivity index (χ4n) is 2.61. The van der Waals surface area contributed by atoms with Crippen molar-refractivity contribution < 1.29 is 4.39 Å². The van der Waals surface area contributed by atoms with Gasteiger partial charge >= 0.3 is 0 Å². The molecule has 0 aromatic heterocycles. The van der Waals surface area contributed by atoms with Gasteiger partial charge in [-0.3, -0.25) is 0 Å². The Morgan fingerprint density at radius 3 is 2.89 bits per heavy atom. The van der Waals surface area contributed by atoms with E-state index in [0.29, 0.717) is 18.6 Å². The van der Waals surface area contributed by atoms with E-state index in [1.54, 1.807) is 6.07 Å². The third kappa shape index (κ3) is 3.06. The summed E-state index contributed by atoms with van der Waals surface area (Å²) in [5.41, 5.74) is 1.88. The van der Waals surface area contributed by atoms with E-state index < -0.39 is 0 Å². The summed E-state index contributed by atoms with van der Waals surface area (Å²) < 4.78 is 14.1. The molecule has 1 N–H and O–H groups in total. The zero-order valence-corrected chi connectivity index (χ0v) is 12.2. The Labute approximate surface area is 118 Å². The van der Waals surface area contributed by atoms with Gasteiger partial charge in [-0.1, -0.05) is 6.07 Å². The van der Waals surface area contributed by atoms with Crippen molar-refractivity contribution in [1.29, 1.82) is 0 Å². The largest absolute Gasteiger partial charge is 0.370 e. The van der Waals surface area contributed by atoms with E-state index >= 15 is 0 Å². The molecule has 2 nitrogen and oxygen atoms in total. The summed E-state index contributed by atoms with van der Waals surface area (Å²) in [6, 6.07) is 6.61. The third-order valence-corrected chi connectivity index (χ3v) is 5.22. The van der Waals surface area contributed by atoms with E-state index in [-0.39, 0.29) is 5.82 Å². The second-order valence-electron chi connectivity index (χ2n) is 5.52. The third-order valence-electron chi connectivity index (χ3n) is 4.07. The van der Waals surface area contributed by atoms with Crippen LogP contribution in [0.25, 0.3) is 0 Å². The van der Waals surface area contributed by atoms with Crippen LogP contribution < -0.4 is 10.2 Å². The van der Waals surface area contributed by atoms with Crippen LogP contribution in [0.2, 0.25) is 0 Å². The standard InChI is InChI=1S/C15H21FN2S/c1-18(12-7-8-19-10-12)15-4-2-3-14(16)13(15)9-17-11-5-6-11/h2-4,11-12,17H,5-10H2,1H3. The highest BCUT2D eigenvalue weighted by Gasteiger charge is 2.25. The van der Waals surface area contributed by atoms with Gasteiger partial charge in [0.2, 0.25) is 0 Å². The van der Waals surface area contributed by atoms with Crippen molar-refractivity contribution in [2.24, 2.45) is 0 Å². The van der Waals surface area contributed by atoms with Gasteiger partial charge in [-0.05, 0) is 37.1 Å². The Hall–Kier alpha value is -0.740. The molecule has 0 bridgehead atoms. The van der Waals surface area contributed by atoms with Crippen LogP contribution in [0, 0.1) is 5.82 Å². The van der Waals surface area contributed by atoms with Crippen molar-refractivity contribution in [3.63, 3.8) is 0 Å². The van der Waals surface area contributed by atoms with Crippen molar-refractivity contribution in [2.45, 2.75) is 37.9 Å². The van der Waals surface area contributed by atoms with Crippen LogP contribution in [0.5, 0.6) is 0 Å². The Morgan fingerprint density at radius 1 is 1.37 bits per heavy atom.